The van der Waals surface area contributed by atoms with Gasteiger partial charge >= 0.3 is 0 Å². The molecule has 0 aromatic heterocycles. The molecule has 0 aromatic rings. The van der Waals surface area contributed by atoms with Crippen LogP contribution < -0.4 is 11.2 Å². The van der Waals surface area contributed by atoms with E-state index in [9.17, 15) is 9.18 Å². The van der Waals surface area contributed by atoms with Crippen molar-refractivity contribution in [3.63, 3.8) is 0 Å². The number of nitrogens with zero attached hydrogens (tertiary/aromatic N) is 2. The minimum atomic E-state index is -1.16. The predicted octanol–water partition coefficient (Wildman–Crippen LogP) is -0.717. The van der Waals surface area contributed by atoms with Crippen LogP contribution in [0.15, 0.2) is 0 Å². The minimum Gasteiger partial charge on any atom is -0.378 e. The van der Waals surface area contributed by atoms with Gasteiger partial charge in [0.15, 0.2) is 0 Å². The van der Waals surface area contributed by atoms with E-state index in [1.165, 1.54) is 12.0 Å². The molecule has 0 spiro atoms. The number of rotatable bonds is 2. The van der Waals surface area contributed by atoms with Crippen LogP contribution in [0.4, 0.5) is 4.39 Å². The van der Waals surface area contributed by atoms with Crippen molar-refractivity contribution in [2.75, 3.05) is 27.2 Å². The smallest absolute Gasteiger partial charge is 0.243 e. The quantitative estimate of drug-likeness (QED) is 0.658. The molecule has 0 radical (unpaired) electrons. The van der Waals surface area contributed by atoms with E-state index in [1.54, 1.807) is 12.1 Å². The van der Waals surface area contributed by atoms with Crippen LogP contribution in [0.25, 0.3) is 0 Å². The summed E-state index contributed by atoms with van der Waals surface area (Å²) in [5.74, 6) is -0.194. The number of likely N-dealkylation sites (tertiary alicyclic amines) is 1. The van der Waals surface area contributed by atoms with E-state index < -0.39 is 29.9 Å². The number of nitrogens with two attached hydrogens (primary N) is 1. The maximum Gasteiger partial charge on any atom is 0.243 e. The Morgan fingerprint density at radius 1 is 1.58 bits per heavy atom. The third-order valence-corrected chi connectivity index (χ3v) is 4.27. The van der Waals surface area contributed by atoms with E-state index in [-0.39, 0.29) is 12.5 Å². The van der Waals surface area contributed by atoms with Gasteiger partial charge in [0.05, 0.1) is 24.2 Å². The van der Waals surface area contributed by atoms with Crippen LogP contribution in [-0.2, 0) is 9.53 Å². The second-order valence-corrected chi connectivity index (χ2v) is 5.52. The number of alkyl halides is 2. The number of ether oxygens (including phenoxy) is 1. The molecule has 2 saturated heterocycles. The Morgan fingerprint density at radius 2 is 2.26 bits per heavy atom. The molecule has 1 amide bonds. The summed E-state index contributed by atoms with van der Waals surface area (Å²) in [5.41, 5.74) is 8.63. The zero-order valence-corrected chi connectivity index (χ0v) is 11.8. The number of hydrazine groups is 1. The summed E-state index contributed by atoms with van der Waals surface area (Å²) in [6, 6.07) is -0.567. The summed E-state index contributed by atoms with van der Waals surface area (Å²) < 4.78 is 18.8. The van der Waals surface area contributed by atoms with Crippen molar-refractivity contribution in [1.29, 1.82) is 0 Å². The molecule has 2 fully saturated rings. The Labute approximate surface area is 117 Å². The summed E-state index contributed by atoms with van der Waals surface area (Å²) >= 11 is 6.13. The van der Waals surface area contributed by atoms with Gasteiger partial charge in [-0.25, -0.2) is 14.8 Å². The molecule has 6 nitrogen and oxygen atoms in total. The average Bonchev–Trinajstić information content (AvgIpc) is 2.62. The van der Waals surface area contributed by atoms with Crippen molar-refractivity contribution < 1.29 is 13.9 Å². The monoisotopic (exact) mass is 294 g/mol. The summed E-state index contributed by atoms with van der Waals surface area (Å²) in [7, 11) is 3.19. The van der Waals surface area contributed by atoms with Crippen molar-refractivity contribution in [3.05, 3.63) is 0 Å². The Hall–Kier alpha value is -0.470. The number of halogens is 2. The van der Waals surface area contributed by atoms with Crippen LogP contribution in [0.1, 0.15) is 6.42 Å². The van der Waals surface area contributed by atoms with Crippen molar-refractivity contribution in [2.24, 2.45) is 5.73 Å². The van der Waals surface area contributed by atoms with Gasteiger partial charge < -0.3 is 15.4 Å². The summed E-state index contributed by atoms with van der Waals surface area (Å²) in [6.07, 6.45) is -1.58. The highest BCUT2D eigenvalue weighted by molar-refractivity contribution is 6.23. The molecule has 110 valence electrons. The van der Waals surface area contributed by atoms with Gasteiger partial charge in [-0.05, 0) is 6.42 Å². The fraction of sp³-hybridized carbons (Fsp3) is 0.909. The molecule has 2 aliphatic heterocycles. The van der Waals surface area contributed by atoms with Gasteiger partial charge in [-0.2, -0.15) is 0 Å². The number of hydrogen-bond acceptors (Lipinski definition) is 5. The highest BCUT2D eigenvalue weighted by Gasteiger charge is 2.44. The molecule has 5 atom stereocenters. The fourth-order valence-corrected chi connectivity index (χ4v) is 2.97. The van der Waals surface area contributed by atoms with E-state index in [4.69, 9.17) is 22.1 Å². The van der Waals surface area contributed by atoms with E-state index >= 15 is 0 Å². The molecule has 2 rings (SSSR count). The van der Waals surface area contributed by atoms with Gasteiger partial charge in [-0.3, -0.25) is 4.79 Å². The Morgan fingerprint density at radius 3 is 2.74 bits per heavy atom. The second kappa shape index (κ2) is 5.88. The van der Waals surface area contributed by atoms with Crippen molar-refractivity contribution in [2.45, 2.75) is 36.3 Å². The third kappa shape index (κ3) is 2.85. The van der Waals surface area contributed by atoms with E-state index in [2.05, 4.69) is 5.43 Å². The number of methoxy groups -OCH3 is 1. The standard InChI is InChI=1S/C11H20ClFN4O2/c1-16-9(8(12)10(14)15-16)11(18)17-4-3-7(19-2)6(13)5-17/h6-10,15H,3-5,14H2,1-2H3/t6-,7+,8?,9?,10?/m1/s1. The van der Waals surface area contributed by atoms with Gasteiger partial charge in [0.25, 0.3) is 0 Å². The molecule has 3 N–H and O–H groups in total. The van der Waals surface area contributed by atoms with Crippen LogP contribution in [0.2, 0.25) is 0 Å². The first-order valence-electron chi connectivity index (χ1n) is 6.30. The number of likely N-dealkylation sites (N-methyl/N-ethyl adjacent to an activating group) is 1. The number of carbonyl (C=O) groups is 1. The van der Waals surface area contributed by atoms with Crippen molar-refractivity contribution in [1.82, 2.24) is 15.3 Å². The highest BCUT2D eigenvalue weighted by Crippen LogP contribution is 2.23. The van der Waals surface area contributed by atoms with Crippen LogP contribution in [0, 0.1) is 0 Å². The van der Waals surface area contributed by atoms with Crippen molar-refractivity contribution in [3.8, 4) is 0 Å². The molecular weight excluding hydrogens is 275 g/mol. The maximum absolute atomic E-state index is 13.8. The summed E-state index contributed by atoms with van der Waals surface area (Å²) in [4.78, 5) is 13.9. The lowest BCUT2D eigenvalue weighted by Gasteiger charge is -2.36. The molecule has 0 saturated carbocycles. The molecule has 8 heteroatoms. The number of carbonyl (C=O) groups excluding carboxylic acids is 1. The van der Waals surface area contributed by atoms with Gasteiger partial charge in [-0.1, -0.05) is 0 Å². The molecule has 0 aromatic carbocycles. The van der Waals surface area contributed by atoms with Crippen LogP contribution in [0.5, 0.6) is 0 Å². The summed E-state index contributed by atoms with van der Waals surface area (Å²) in [6.45, 7) is 0.515. The van der Waals surface area contributed by atoms with Crippen LogP contribution >= 0.6 is 11.6 Å². The van der Waals surface area contributed by atoms with Gasteiger partial charge in [0.2, 0.25) is 5.91 Å². The SMILES string of the molecule is CO[C@H]1CCN(C(=O)C2C(Cl)C(N)NN2C)C[C@H]1F. The lowest BCUT2D eigenvalue weighted by molar-refractivity contribution is -0.141. The predicted molar refractivity (Wildman–Crippen MR) is 69.2 cm³/mol. The van der Waals surface area contributed by atoms with Crippen molar-refractivity contribution >= 4 is 17.5 Å². The number of hydrogen-bond donors (Lipinski definition) is 2. The molecule has 0 aliphatic carbocycles. The molecule has 3 unspecified atom stereocenters. The number of nitrogens with one attached hydrogen (secondary N) is 1. The highest BCUT2D eigenvalue weighted by atomic mass is 35.5. The molecule has 19 heavy (non-hydrogen) atoms. The van der Waals surface area contributed by atoms with Gasteiger partial charge in [0.1, 0.15) is 12.2 Å². The largest absolute Gasteiger partial charge is 0.378 e. The second-order valence-electron chi connectivity index (χ2n) is 5.02. The molecule has 0 bridgehead atoms. The maximum atomic E-state index is 13.8. The molecule has 2 heterocycles. The lowest BCUT2D eigenvalue weighted by atomic mass is 10.0. The lowest BCUT2D eigenvalue weighted by Crippen LogP contribution is -2.55. The van der Waals surface area contributed by atoms with Gasteiger partial charge in [0, 0.05) is 20.7 Å². The number of amides is 1. The normalized spacial score (nSPS) is 40.7. The molecule has 2 aliphatic rings. The number of piperidine rings is 1. The van der Waals surface area contributed by atoms with E-state index in [1.807, 2.05) is 0 Å². The Kier molecular flexibility index (Phi) is 4.62. The van der Waals surface area contributed by atoms with Crippen LogP contribution in [-0.4, -0.2) is 72.9 Å². The zero-order chi connectivity index (χ0) is 14.2. The Balaban J connectivity index is 2.01. The first-order valence-corrected chi connectivity index (χ1v) is 6.73. The van der Waals surface area contributed by atoms with E-state index in [0.717, 1.165) is 0 Å². The molecular formula is C11H20ClFN4O2. The van der Waals surface area contributed by atoms with Gasteiger partial charge in [-0.15, -0.1) is 11.6 Å². The fourth-order valence-electron chi connectivity index (χ4n) is 2.63. The van der Waals surface area contributed by atoms with Crippen LogP contribution in [0.3, 0.4) is 0 Å². The summed E-state index contributed by atoms with van der Waals surface area (Å²) in [5, 5.41) is 1.07. The average molecular weight is 295 g/mol. The zero-order valence-electron chi connectivity index (χ0n) is 11.1. The minimum absolute atomic E-state index is 0.0422. The topological polar surface area (TPSA) is 70.8 Å². The Bertz CT molecular complexity index is 349. The first kappa shape index (κ1) is 14.9. The third-order valence-electron chi connectivity index (χ3n) is 3.76. The first-order chi connectivity index (χ1) is 8.95. The van der Waals surface area contributed by atoms with E-state index in [0.29, 0.717) is 13.0 Å².